The van der Waals surface area contributed by atoms with Crippen LogP contribution in [0.5, 0.6) is 0 Å². The van der Waals surface area contributed by atoms with E-state index in [1.807, 2.05) is 25.1 Å². The summed E-state index contributed by atoms with van der Waals surface area (Å²) in [5, 5.41) is 9.38. The maximum atomic E-state index is 13.5. The van der Waals surface area contributed by atoms with E-state index in [1.165, 1.54) is 23.5 Å². The first-order valence-electron chi connectivity index (χ1n) is 6.75. The van der Waals surface area contributed by atoms with Crippen LogP contribution in [0.1, 0.15) is 15.2 Å². The van der Waals surface area contributed by atoms with Crippen LogP contribution in [-0.4, -0.2) is 11.1 Å². The van der Waals surface area contributed by atoms with E-state index < -0.39 is 5.97 Å². The Bertz CT molecular complexity index is 852. The van der Waals surface area contributed by atoms with E-state index in [9.17, 15) is 14.3 Å². The van der Waals surface area contributed by atoms with Crippen molar-refractivity contribution in [3.63, 3.8) is 0 Å². The Hall–Kier alpha value is -2.46. The summed E-state index contributed by atoms with van der Waals surface area (Å²) in [5.41, 5.74) is 2.52. The summed E-state index contributed by atoms with van der Waals surface area (Å²) in [7, 11) is 0. The van der Waals surface area contributed by atoms with Gasteiger partial charge in [0.25, 0.3) is 0 Å². The van der Waals surface area contributed by atoms with Crippen LogP contribution < -0.4 is 0 Å². The van der Waals surface area contributed by atoms with E-state index in [2.05, 4.69) is 0 Å². The zero-order valence-electron chi connectivity index (χ0n) is 11.8. The number of hydrogen-bond acceptors (Lipinski definition) is 2. The number of halogens is 1. The van der Waals surface area contributed by atoms with E-state index in [-0.39, 0.29) is 11.4 Å². The number of carboxylic acid groups (broad SMARTS) is 1. The van der Waals surface area contributed by atoms with Crippen LogP contribution in [0.15, 0.2) is 54.6 Å². The summed E-state index contributed by atoms with van der Waals surface area (Å²) in [6, 6.07) is 15.2. The molecule has 0 unspecified atom stereocenters. The van der Waals surface area contributed by atoms with Gasteiger partial charge >= 0.3 is 5.97 Å². The molecule has 3 aromatic rings. The fraction of sp³-hybridized carbons (Fsp3) is 0.0556. The van der Waals surface area contributed by atoms with Gasteiger partial charge in [0.15, 0.2) is 0 Å². The second kappa shape index (κ2) is 5.73. The maximum Gasteiger partial charge on any atom is 0.336 e. The van der Waals surface area contributed by atoms with E-state index in [4.69, 9.17) is 0 Å². The number of thiophene rings is 1. The molecule has 3 rings (SSSR count). The lowest BCUT2D eigenvalue weighted by atomic mass is 9.99. The van der Waals surface area contributed by atoms with Crippen molar-refractivity contribution in [3.8, 4) is 21.6 Å². The van der Waals surface area contributed by atoms with Gasteiger partial charge in [-0.2, -0.15) is 0 Å². The minimum absolute atomic E-state index is 0.252. The normalized spacial score (nSPS) is 10.6. The lowest BCUT2D eigenvalue weighted by Gasteiger charge is -2.07. The third kappa shape index (κ3) is 2.65. The van der Waals surface area contributed by atoms with Gasteiger partial charge < -0.3 is 5.11 Å². The Kier molecular flexibility index (Phi) is 3.77. The minimum atomic E-state index is -0.966. The quantitative estimate of drug-likeness (QED) is 0.719. The topological polar surface area (TPSA) is 37.3 Å². The standard InChI is InChI=1S/C18H13FO2S/c1-11-9-16(12-5-4-6-13(19)10-12)17(22-11)14-7-2-3-8-15(14)18(20)21/h2-10H,1H3,(H,20,21). The molecule has 2 nitrogen and oxygen atoms in total. The van der Waals surface area contributed by atoms with Crippen molar-refractivity contribution in [3.05, 3.63) is 70.9 Å². The van der Waals surface area contributed by atoms with Crippen LogP contribution in [0.3, 0.4) is 0 Å². The second-order valence-electron chi connectivity index (χ2n) is 4.96. The third-order valence-corrected chi connectivity index (χ3v) is 4.48. The van der Waals surface area contributed by atoms with Crippen LogP contribution in [0.4, 0.5) is 4.39 Å². The van der Waals surface area contributed by atoms with E-state index in [0.717, 1.165) is 20.9 Å². The van der Waals surface area contributed by atoms with Crippen molar-refractivity contribution < 1.29 is 14.3 Å². The molecule has 2 aromatic carbocycles. The molecule has 0 fully saturated rings. The smallest absolute Gasteiger partial charge is 0.336 e. The highest BCUT2D eigenvalue weighted by atomic mass is 32.1. The van der Waals surface area contributed by atoms with Gasteiger partial charge in [0.1, 0.15) is 5.82 Å². The molecular weight excluding hydrogens is 299 g/mol. The molecule has 1 heterocycles. The Morgan fingerprint density at radius 1 is 1.05 bits per heavy atom. The van der Waals surface area contributed by atoms with Crippen molar-refractivity contribution in [1.29, 1.82) is 0 Å². The number of carboxylic acids is 1. The number of benzene rings is 2. The first kappa shape index (κ1) is 14.5. The molecule has 110 valence electrons. The molecule has 22 heavy (non-hydrogen) atoms. The number of carbonyl (C=O) groups is 1. The van der Waals surface area contributed by atoms with Gasteiger partial charge in [-0.25, -0.2) is 9.18 Å². The van der Waals surface area contributed by atoms with E-state index in [0.29, 0.717) is 5.56 Å². The van der Waals surface area contributed by atoms with Gasteiger partial charge in [-0.15, -0.1) is 11.3 Å². The molecule has 0 saturated carbocycles. The molecule has 0 saturated heterocycles. The number of rotatable bonds is 3. The Morgan fingerprint density at radius 3 is 2.55 bits per heavy atom. The molecule has 0 aliphatic heterocycles. The van der Waals surface area contributed by atoms with Crippen LogP contribution in [0.2, 0.25) is 0 Å². The SMILES string of the molecule is Cc1cc(-c2cccc(F)c2)c(-c2ccccc2C(=O)O)s1. The lowest BCUT2D eigenvalue weighted by molar-refractivity contribution is 0.0698. The molecule has 1 N–H and O–H groups in total. The van der Waals surface area contributed by atoms with Crippen LogP contribution >= 0.6 is 11.3 Å². The van der Waals surface area contributed by atoms with Gasteiger partial charge in [-0.3, -0.25) is 0 Å². The molecule has 0 amide bonds. The lowest BCUT2D eigenvalue weighted by Crippen LogP contribution is -1.98. The van der Waals surface area contributed by atoms with Crippen LogP contribution in [0, 0.1) is 12.7 Å². The molecule has 0 bridgehead atoms. The summed E-state index contributed by atoms with van der Waals surface area (Å²) in [5.74, 6) is -1.27. The Labute approximate surface area is 131 Å². The summed E-state index contributed by atoms with van der Waals surface area (Å²) < 4.78 is 13.5. The molecule has 0 aliphatic carbocycles. The van der Waals surface area contributed by atoms with Gasteiger partial charge in [0.05, 0.1) is 5.56 Å². The maximum absolute atomic E-state index is 13.5. The number of hydrogen-bond donors (Lipinski definition) is 1. The minimum Gasteiger partial charge on any atom is -0.478 e. The number of aromatic carboxylic acids is 1. The van der Waals surface area contributed by atoms with Gasteiger partial charge in [-0.1, -0.05) is 30.3 Å². The monoisotopic (exact) mass is 312 g/mol. The Morgan fingerprint density at radius 2 is 1.82 bits per heavy atom. The highest BCUT2D eigenvalue weighted by Crippen LogP contribution is 2.40. The first-order chi connectivity index (χ1) is 10.6. The first-order valence-corrected chi connectivity index (χ1v) is 7.57. The van der Waals surface area contributed by atoms with Crippen molar-refractivity contribution in [1.82, 2.24) is 0 Å². The van der Waals surface area contributed by atoms with E-state index in [1.54, 1.807) is 24.3 Å². The molecule has 0 atom stereocenters. The van der Waals surface area contributed by atoms with Crippen molar-refractivity contribution in [2.45, 2.75) is 6.92 Å². The molecule has 0 radical (unpaired) electrons. The fourth-order valence-corrected chi connectivity index (χ4v) is 3.53. The summed E-state index contributed by atoms with van der Waals surface area (Å²) >= 11 is 1.51. The summed E-state index contributed by atoms with van der Waals surface area (Å²) in [6.07, 6.45) is 0. The predicted molar refractivity (Wildman–Crippen MR) is 86.8 cm³/mol. The van der Waals surface area contributed by atoms with Crippen LogP contribution in [0.25, 0.3) is 21.6 Å². The number of aryl methyl sites for hydroxylation is 1. The summed E-state index contributed by atoms with van der Waals surface area (Å²) in [4.78, 5) is 13.3. The highest BCUT2D eigenvalue weighted by molar-refractivity contribution is 7.16. The largest absolute Gasteiger partial charge is 0.478 e. The van der Waals surface area contributed by atoms with Gasteiger partial charge in [-0.05, 0) is 36.8 Å². The molecule has 0 spiro atoms. The molecular formula is C18H13FO2S. The van der Waals surface area contributed by atoms with Crippen molar-refractivity contribution >= 4 is 17.3 Å². The average Bonchev–Trinajstić information content (AvgIpc) is 2.89. The van der Waals surface area contributed by atoms with Crippen LogP contribution in [-0.2, 0) is 0 Å². The van der Waals surface area contributed by atoms with E-state index >= 15 is 0 Å². The Balaban J connectivity index is 2.24. The van der Waals surface area contributed by atoms with Gasteiger partial charge in [0.2, 0.25) is 0 Å². The molecule has 1 aromatic heterocycles. The van der Waals surface area contributed by atoms with Gasteiger partial charge in [0, 0.05) is 20.9 Å². The summed E-state index contributed by atoms with van der Waals surface area (Å²) in [6.45, 7) is 1.96. The zero-order chi connectivity index (χ0) is 15.7. The predicted octanol–water partition coefficient (Wildman–Crippen LogP) is 5.23. The third-order valence-electron chi connectivity index (χ3n) is 3.39. The van der Waals surface area contributed by atoms with Crippen molar-refractivity contribution in [2.75, 3.05) is 0 Å². The second-order valence-corrected chi connectivity index (χ2v) is 6.22. The molecule has 0 aliphatic rings. The highest BCUT2D eigenvalue weighted by Gasteiger charge is 2.17. The zero-order valence-corrected chi connectivity index (χ0v) is 12.7. The fourth-order valence-electron chi connectivity index (χ4n) is 2.45. The van der Waals surface area contributed by atoms with Crippen molar-refractivity contribution in [2.24, 2.45) is 0 Å². The molecule has 4 heteroatoms. The average molecular weight is 312 g/mol.